The van der Waals surface area contributed by atoms with E-state index in [9.17, 15) is 4.79 Å². The Morgan fingerprint density at radius 2 is 1.48 bits per heavy atom. The Hall–Kier alpha value is -3.18. The maximum atomic E-state index is 12.5. The highest BCUT2D eigenvalue weighted by atomic mass is 16.5. The maximum Gasteiger partial charge on any atom is 0.260 e. The van der Waals surface area contributed by atoms with E-state index >= 15 is 0 Å². The van der Waals surface area contributed by atoms with Gasteiger partial charge in [-0.1, -0.05) is 42.5 Å². The van der Waals surface area contributed by atoms with Crippen molar-refractivity contribution < 1.29 is 9.53 Å². The van der Waals surface area contributed by atoms with Gasteiger partial charge in [0.25, 0.3) is 5.91 Å². The van der Waals surface area contributed by atoms with Crippen molar-refractivity contribution >= 4 is 5.91 Å². The van der Waals surface area contributed by atoms with Gasteiger partial charge >= 0.3 is 0 Å². The highest BCUT2D eigenvalue weighted by Gasteiger charge is 2.21. The molecule has 1 aliphatic heterocycles. The first-order valence-corrected chi connectivity index (χ1v) is 9.95. The van der Waals surface area contributed by atoms with Crippen LogP contribution in [0, 0.1) is 0 Å². The topological polar surface area (TPSA) is 45.7 Å². The van der Waals surface area contributed by atoms with Crippen molar-refractivity contribution in [3.8, 4) is 16.9 Å². The second-order valence-corrected chi connectivity index (χ2v) is 7.19. The van der Waals surface area contributed by atoms with Crippen molar-refractivity contribution in [3.63, 3.8) is 0 Å². The van der Waals surface area contributed by atoms with Crippen LogP contribution in [0.15, 0.2) is 79.1 Å². The molecule has 29 heavy (non-hydrogen) atoms. The average molecular weight is 387 g/mol. The number of nitrogens with zero attached hydrogens (tertiary/aromatic N) is 3. The van der Waals surface area contributed by atoms with E-state index < -0.39 is 0 Å². The van der Waals surface area contributed by atoms with Crippen LogP contribution in [0.4, 0.5) is 0 Å². The highest BCUT2D eigenvalue weighted by molar-refractivity contribution is 5.78. The number of pyridine rings is 1. The average Bonchev–Trinajstić information content (AvgIpc) is 2.80. The van der Waals surface area contributed by atoms with Crippen LogP contribution >= 0.6 is 0 Å². The molecule has 0 atom stereocenters. The summed E-state index contributed by atoms with van der Waals surface area (Å²) in [5.74, 6) is 0.759. The Labute approximate surface area is 171 Å². The zero-order chi connectivity index (χ0) is 19.9. The monoisotopic (exact) mass is 387 g/mol. The summed E-state index contributed by atoms with van der Waals surface area (Å²) in [6.07, 6.45) is 3.64. The smallest absolute Gasteiger partial charge is 0.260 e. The van der Waals surface area contributed by atoms with Gasteiger partial charge in [0.15, 0.2) is 6.61 Å². The number of benzene rings is 2. The van der Waals surface area contributed by atoms with Crippen LogP contribution in [0.5, 0.6) is 5.75 Å². The third-order valence-corrected chi connectivity index (χ3v) is 5.20. The number of aromatic nitrogens is 1. The largest absolute Gasteiger partial charge is 0.484 e. The van der Waals surface area contributed by atoms with Crippen molar-refractivity contribution in [2.45, 2.75) is 6.54 Å². The van der Waals surface area contributed by atoms with Gasteiger partial charge in [0.05, 0.1) is 0 Å². The molecule has 0 radical (unpaired) electrons. The van der Waals surface area contributed by atoms with Gasteiger partial charge in [0, 0.05) is 45.1 Å². The zero-order valence-corrected chi connectivity index (χ0v) is 16.4. The van der Waals surface area contributed by atoms with Gasteiger partial charge in [-0.05, 0) is 41.0 Å². The van der Waals surface area contributed by atoms with Gasteiger partial charge < -0.3 is 9.64 Å². The SMILES string of the molecule is O=C(COc1ccc(-c2ccccc2)cc1)N1CCN(Cc2ccncc2)CC1. The predicted octanol–water partition coefficient (Wildman–Crippen LogP) is 3.47. The van der Waals surface area contributed by atoms with E-state index in [0.29, 0.717) is 5.75 Å². The molecule has 2 aromatic carbocycles. The Morgan fingerprint density at radius 3 is 2.17 bits per heavy atom. The summed E-state index contributed by atoms with van der Waals surface area (Å²) in [6, 6.07) is 22.2. The lowest BCUT2D eigenvalue weighted by molar-refractivity contribution is -0.135. The number of hydrogen-bond donors (Lipinski definition) is 0. The molecule has 4 rings (SSSR count). The molecule has 5 nitrogen and oxygen atoms in total. The zero-order valence-electron chi connectivity index (χ0n) is 16.4. The first-order valence-electron chi connectivity index (χ1n) is 9.95. The maximum absolute atomic E-state index is 12.5. The molecular weight excluding hydrogens is 362 g/mol. The fourth-order valence-electron chi connectivity index (χ4n) is 3.51. The molecular formula is C24H25N3O2. The second-order valence-electron chi connectivity index (χ2n) is 7.19. The molecule has 5 heteroatoms. The first kappa shape index (κ1) is 19.2. The molecule has 0 N–H and O–H groups in total. The van der Waals surface area contributed by atoms with Crippen LogP contribution in [0.1, 0.15) is 5.56 Å². The number of ether oxygens (including phenoxy) is 1. The van der Waals surface area contributed by atoms with Gasteiger partial charge in [-0.15, -0.1) is 0 Å². The number of carbonyl (C=O) groups is 1. The van der Waals surface area contributed by atoms with E-state index in [-0.39, 0.29) is 12.5 Å². The molecule has 0 unspecified atom stereocenters. The van der Waals surface area contributed by atoms with Crippen LogP contribution in [0.2, 0.25) is 0 Å². The molecule has 1 fully saturated rings. The molecule has 148 valence electrons. The van der Waals surface area contributed by atoms with Gasteiger partial charge in [0.1, 0.15) is 5.75 Å². The van der Waals surface area contributed by atoms with Crippen LogP contribution in [-0.4, -0.2) is 53.5 Å². The summed E-state index contributed by atoms with van der Waals surface area (Å²) < 4.78 is 5.72. The van der Waals surface area contributed by atoms with Crippen molar-refractivity contribution in [1.29, 1.82) is 0 Å². The minimum Gasteiger partial charge on any atom is -0.484 e. The van der Waals surface area contributed by atoms with Gasteiger partial charge in [-0.25, -0.2) is 0 Å². The quantitative estimate of drug-likeness (QED) is 0.650. The summed E-state index contributed by atoms with van der Waals surface area (Å²) in [4.78, 5) is 20.8. The fourth-order valence-corrected chi connectivity index (χ4v) is 3.51. The summed E-state index contributed by atoms with van der Waals surface area (Å²) in [5.41, 5.74) is 3.55. The number of rotatable bonds is 6. The molecule has 1 amide bonds. The molecule has 1 aromatic heterocycles. The van der Waals surface area contributed by atoms with Gasteiger partial charge in [-0.3, -0.25) is 14.7 Å². The lowest BCUT2D eigenvalue weighted by Gasteiger charge is -2.34. The normalized spacial score (nSPS) is 14.6. The van der Waals surface area contributed by atoms with E-state index in [4.69, 9.17) is 4.74 Å². The Balaban J connectivity index is 1.23. The lowest BCUT2D eigenvalue weighted by atomic mass is 10.1. The third kappa shape index (κ3) is 5.21. The molecule has 0 saturated carbocycles. The number of piperazine rings is 1. The van der Waals surface area contributed by atoms with E-state index in [0.717, 1.165) is 38.3 Å². The van der Waals surface area contributed by atoms with E-state index in [2.05, 4.69) is 22.0 Å². The molecule has 1 saturated heterocycles. The molecule has 0 aliphatic carbocycles. The van der Waals surface area contributed by atoms with Crippen molar-refractivity contribution in [2.75, 3.05) is 32.8 Å². The van der Waals surface area contributed by atoms with Crippen molar-refractivity contribution in [2.24, 2.45) is 0 Å². The van der Waals surface area contributed by atoms with E-state index in [1.807, 2.05) is 71.9 Å². The summed E-state index contributed by atoms with van der Waals surface area (Å²) in [7, 11) is 0. The second kappa shape index (κ2) is 9.34. The Bertz CT molecular complexity index is 906. The molecule has 0 bridgehead atoms. The summed E-state index contributed by atoms with van der Waals surface area (Å²) >= 11 is 0. The number of amides is 1. The molecule has 0 spiro atoms. The standard InChI is InChI=1S/C24H25N3O2/c28-24(27-16-14-26(15-17-27)18-20-10-12-25-13-11-20)19-29-23-8-6-22(7-9-23)21-4-2-1-3-5-21/h1-13H,14-19H2. The van der Waals surface area contributed by atoms with E-state index in [1.165, 1.54) is 11.1 Å². The van der Waals surface area contributed by atoms with Gasteiger partial charge in [-0.2, -0.15) is 0 Å². The lowest BCUT2D eigenvalue weighted by Crippen LogP contribution is -2.49. The van der Waals surface area contributed by atoms with Crippen molar-refractivity contribution in [1.82, 2.24) is 14.8 Å². The van der Waals surface area contributed by atoms with Crippen LogP contribution in [0.3, 0.4) is 0 Å². The van der Waals surface area contributed by atoms with Gasteiger partial charge in [0.2, 0.25) is 0 Å². The molecule has 1 aliphatic rings. The van der Waals surface area contributed by atoms with E-state index in [1.54, 1.807) is 0 Å². The van der Waals surface area contributed by atoms with Crippen LogP contribution in [-0.2, 0) is 11.3 Å². The Morgan fingerprint density at radius 1 is 0.828 bits per heavy atom. The third-order valence-electron chi connectivity index (χ3n) is 5.20. The number of hydrogen-bond acceptors (Lipinski definition) is 4. The summed E-state index contributed by atoms with van der Waals surface area (Å²) in [6.45, 7) is 4.20. The van der Waals surface area contributed by atoms with Crippen molar-refractivity contribution in [3.05, 3.63) is 84.7 Å². The minimum absolute atomic E-state index is 0.0423. The summed E-state index contributed by atoms with van der Waals surface area (Å²) in [5, 5.41) is 0. The molecule has 2 heterocycles. The fraction of sp³-hybridized carbons (Fsp3) is 0.250. The predicted molar refractivity (Wildman–Crippen MR) is 113 cm³/mol. The number of carbonyl (C=O) groups excluding carboxylic acids is 1. The van der Waals surface area contributed by atoms with Crippen LogP contribution < -0.4 is 4.74 Å². The minimum atomic E-state index is 0.0423. The van der Waals surface area contributed by atoms with Crippen LogP contribution in [0.25, 0.3) is 11.1 Å². The first-order chi connectivity index (χ1) is 14.3. The Kier molecular flexibility index (Phi) is 6.17. The molecule has 3 aromatic rings. The highest BCUT2D eigenvalue weighted by Crippen LogP contribution is 2.22.